The fourth-order valence-corrected chi connectivity index (χ4v) is 2.05. The van der Waals surface area contributed by atoms with Gasteiger partial charge >= 0.3 is 0 Å². The molecule has 0 bridgehead atoms. The molecule has 0 saturated carbocycles. The van der Waals surface area contributed by atoms with Crippen molar-refractivity contribution in [2.45, 2.75) is 33.4 Å². The summed E-state index contributed by atoms with van der Waals surface area (Å²) in [5.74, 6) is 0. The maximum atomic E-state index is 4.60. The van der Waals surface area contributed by atoms with Gasteiger partial charge in [0.15, 0.2) is 0 Å². The van der Waals surface area contributed by atoms with Gasteiger partial charge in [-0.25, -0.2) is 0 Å². The summed E-state index contributed by atoms with van der Waals surface area (Å²) in [4.78, 5) is 0. The molecular formula is C15H21N3. The number of hydrogen-bond donors (Lipinski definition) is 1. The van der Waals surface area contributed by atoms with Crippen LogP contribution in [0.4, 0.5) is 0 Å². The molecule has 0 unspecified atom stereocenters. The van der Waals surface area contributed by atoms with E-state index < -0.39 is 0 Å². The van der Waals surface area contributed by atoms with E-state index in [1.165, 1.54) is 16.7 Å². The molecule has 1 aromatic heterocycles. The first-order valence-corrected chi connectivity index (χ1v) is 6.40. The Bertz CT molecular complexity index is 526. The van der Waals surface area contributed by atoms with Crippen LogP contribution in [0.1, 0.15) is 25.0 Å². The van der Waals surface area contributed by atoms with Crippen LogP contribution in [-0.4, -0.2) is 15.8 Å². The lowest BCUT2D eigenvalue weighted by atomic mass is 10.0. The molecule has 0 amide bonds. The molecule has 0 fully saturated rings. The first-order valence-electron chi connectivity index (χ1n) is 6.40. The van der Waals surface area contributed by atoms with Crippen LogP contribution < -0.4 is 5.32 Å². The number of hydrogen-bond acceptors (Lipinski definition) is 2. The maximum absolute atomic E-state index is 4.60. The Hall–Kier alpha value is -1.61. The van der Waals surface area contributed by atoms with Gasteiger partial charge < -0.3 is 5.32 Å². The minimum absolute atomic E-state index is 0.481. The highest BCUT2D eigenvalue weighted by atomic mass is 15.3. The molecule has 96 valence electrons. The summed E-state index contributed by atoms with van der Waals surface area (Å²) in [5.41, 5.74) is 4.82. The molecular weight excluding hydrogens is 222 g/mol. The van der Waals surface area contributed by atoms with Crippen molar-refractivity contribution in [3.8, 4) is 11.3 Å². The van der Waals surface area contributed by atoms with Crippen LogP contribution in [0.2, 0.25) is 0 Å². The normalized spacial score (nSPS) is 11.2. The largest absolute Gasteiger partial charge is 0.310 e. The zero-order chi connectivity index (χ0) is 13.1. The summed E-state index contributed by atoms with van der Waals surface area (Å²) in [6, 6.07) is 8.87. The van der Waals surface area contributed by atoms with E-state index in [2.05, 4.69) is 61.6 Å². The summed E-state index contributed by atoms with van der Waals surface area (Å²) in [7, 11) is 1.97. The molecule has 0 atom stereocenters. The molecule has 1 heterocycles. The van der Waals surface area contributed by atoms with E-state index in [1.54, 1.807) is 0 Å². The van der Waals surface area contributed by atoms with E-state index in [4.69, 9.17) is 0 Å². The SMILES string of the molecule is Cc1ccccc1-c1nn(C)cc1CNC(C)C. The van der Waals surface area contributed by atoms with Gasteiger partial charge in [-0.1, -0.05) is 38.1 Å². The van der Waals surface area contributed by atoms with Crippen molar-refractivity contribution in [1.82, 2.24) is 15.1 Å². The minimum atomic E-state index is 0.481. The molecule has 2 aromatic rings. The van der Waals surface area contributed by atoms with Crippen LogP contribution in [0, 0.1) is 6.92 Å². The van der Waals surface area contributed by atoms with Gasteiger partial charge in [-0.15, -0.1) is 0 Å². The quantitative estimate of drug-likeness (QED) is 0.895. The van der Waals surface area contributed by atoms with Crippen LogP contribution in [0.3, 0.4) is 0 Å². The van der Waals surface area contributed by atoms with Crippen molar-refractivity contribution in [2.24, 2.45) is 7.05 Å². The van der Waals surface area contributed by atoms with Crippen LogP contribution in [-0.2, 0) is 13.6 Å². The molecule has 0 spiro atoms. The lowest BCUT2D eigenvalue weighted by Crippen LogP contribution is -2.21. The fourth-order valence-electron chi connectivity index (χ4n) is 2.05. The van der Waals surface area contributed by atoms with Gasteiger partial charge in [0, 0.05) is 37.0 Å². The van der Waals surface area contributed by atoms with E-state index in [0.29, 0.717) is 6.04 Å². The van der Waals surface area contributed by atoms with Gasteiger partial charge in [-0.05, 0) is 12.5 Å². The highest BCUT2D eigenvalue weighted by Crippen LogP contribution is 2.25. The smallest absolute Gasteiger partial charge is 0.0970 e. The molecule has 2 rings (SSSR count). The van der Waals surface area contributed by atoms with Crippen molar-refractivity contribution >= 4 is 0 Å². The van der Waals surface area contributed by atoms with Gasteiger partial charge in [0.05, 0.1) is 5.69 Å². The third-order valence-corrected chi connectivity index (χ3v) is 3.01. The molecule has 0 aliphatic heterocycles. The number of nitrogens with zero attached hydrogens (tertiary/aromatic N) is 2. The molecule has 1 N–H and O–H groups in total. The molecule has 1 aromatic carbocycles. The molecule has 18 heavy (non-hydrogen) atoms. The summed E-state index contributed by atoms with van der Waals surface area (Å²) in [6.07, 6.45) is 2.09. The van der Waals surface area contributed by atoms with Crippen LogP contribution in [0.5, 0.6) is 0 Å². The first kappa shape index (κ1) is 12.8. The number of nitrogens with one attached hydrogen (secondary N) is 1. The predicted octanol–water partition coefficient (Wildman–Crippen LogP) is 2.89. The van der Waals surface area contributed by atoms with Crippen molar-refractivity contribution < 1.29 is 0 Å². The van der Waals surface area contributed by atoms with E-state index in [1.807, 2.05) is 11.7 Å². The van der Waals surface area contributed by atoms with Crippen LogP contribution in [0.15, 0.2) is 30.5 Å². The molecule has 3 nitrogen and oxygen atoms in total. The number of benzene rings is 1. The van der Waals surface area contributed by atoms with Crippen molar-refractivity contribution in [1.29, 1.82) is 0 Å². The lowest BCUT2D eigenvalue weighted by molar-refractivity contribution is 0.589. The van der Waals surface area contributed by atoms with Crippen molar-refractivity contribution in [2.75, 3.05) is 0 Å². The zero-order valence-corrected chi connectivity index (χ0v) is 11.6. The molecule has 0 radical (unpaired) electrons. The van der Waals surface area contributed by atoms with E-state index in [9.17, 15) is 0 Å². The predicted molar refractivity (Wildman–Crippen MR) is 75.4 cm³/mol. The Morgan fingerprint density at radius 1 is 1.28 bits per heavy atom. The highest BCUT2D eigenvalue weighted by Gasteiger charge is 2.11. The van der Waals surface area contributed by atoms with E-state index in [0.717, 1.165) is 12.2 Å². The number of rotatable bonds is 4. The first-order chi connectivity index (χ1) is 8.58. The topological polar surface area (TPSA) is 29.9 Å². The Morgan fingerprint density at radius 3 is 2.67 bits per heavy atom. The molecule has 3 heteroatoms. The van der Waals surface area contributed by atoms with E-state index in [-0.39, 0.29) is 0 Å². The Balaban J connectivity index is 2.36. The Labute approximate surface area is 109 Å². The lowest BCUT2D eigenvalue weighted by Gasteiger charge is -2.09. The zero-order valence-electron chi connectivity index (χ0n) is 11.6. The van der Waals surface area contributed by atoms with Crippen LogP contribution in [0.25, 0.3) is 11.3 Å². The third-order valence-electron chi connectivity index (χ3n) is 3.01. The maximum Gasteiger partial charge on any atom is 0.0970 e. The minimum Gasteiger partial charge on any atom is -0.310 e. The summed E-state index contributed by atoms with van der Waals surface area (Å²) >= 11 is 0. The van der Waals surface area contributed by atoms with Crippen molar-refractivity contribution in [3.63, 3.8) is 0 Å². The van der Waals surface area contributed by atoms with Gasteiger partial charge in [-0.2, -0.15) is 5.10 Å². The van der Waals surface area contributed by atoms with Gasteiger partial charge in [0.2, 0.25) is 0 Å². The number of aromatic nitrogens is 2. The average molecular weight is 243 g/mol. The second-order valence-corrected chi connectivity index (χ2v) is 5.03. The van der Waals surface area contributed by atoms with Gasteiger partial charge in [0.1, 0.15) is 0 Å². The monoisotopic (exact) mass is 243 g/mol. The van der Waals surface area contributed by atoms with Crippen molar-refractivity contribution in [3.05, 3.63) is 41.6 Å². The van der Waals surface area contributed by atoms with E-state index >= 15 is 0 Å². The Morgan fingerprint density at radius 2 is 2.00 bits per heavy atom. The third kappa shape index (κ3) is 2.79. The summed E-state index contributed by atoms with van der Waals surface area (Å²) < 4.78 is 1.89. The number of aryl methyl sites for hydroxylation is 2. The molecule has 0 saturated heterocycles. The summed E-state index contributed by atoms with van der Waals surface area (Å²) in [5, 5.41) is 8.05. The Kier molecular flexibility index (Phi) is 3.82. The molecule has 0 aliphatic carbocycles. The second kappa shape index (κ2) is 5.36. The van der Waals surface area contributed by atoms with Crippen LogP contribution >= 0.6 is 0 Å². The van der Waals surface area contributed by atoms with Gasteiger partial charge in [-0.3, -0.25) is 4.68 Å². The highest BCUT2D eigenvalue weighted by molar-refractivity contribution is 5.66. The average Bonchev–Trinajstić information content (AvgIpc) is 2.68. The van der Waals surface area contributed by atoms with Gasteiger partial charge in [0.25, 0.3) is 0 Å². The summed E-state index contributed by atoms with van der Waals surface area (Å²) in [6.45, 7) is 7.30. The molecule has 0 aliphatic rings. The second-order valence-electron chi connectivity index (χ2n) is 5.03. The standard InChI is InChI=1S/C15H21N3/c1-11(2)16-9-13-10-18(4)17-15(13)14-8-6-5-7-12(14)3/h5-8,10-11,16H,9H2,1-4H3. The fraction of sp³-hybridized carbons (Fsp3) is 0.400.